The molecule has 1 N–H and O–H groups in total. The molecule has 0 bridgehead atoms. The molecule has 2 aliphatic rings. The van der Waals surface area contributed by atoms with Crippen molar-refractivity contribution in [2.75, 3.05) is 21.3 Å². The second kappa shape index (κ2) is 11.7. The van der Waals surface area contributed by atoms with Crippen LogP contribution in [0, 0.1) is 11.8 Å². The fourth-order valence-corrected chi connectivity index (χ4v) is 4.68. The summed E-state index contributed by atoms with van der Waals surface area (Å²) >= 11 is 0. The zero-order valence-electron chi connectivity index (χ0n) is 23.1. The maximum atomic E-state index is 11.6. The summed E-state index contributed by atoms with van der Waals surface area (Å²) in [7, 11) is 4.80. The molecule has 2 aromatic heterocycles. The van der Waals surface area contributed by atoms with E-state index in [1.54, 1.807) is 14.2 Å². The van der Waals surface area contributed by atoms with Crippen LogP contribution in [0.3, 0.4) is 0 Å². The van der Waals surface area contributed by atoms with Crippen molar-refractivity contribution in [3.05, 3.63) is 58.2 Å². The van der Waals surface area contributed by atoms with Gasteiger partial charge in [-0.25, -0.2) is 0 Å². The number of pyridine rings is 2. The maximum absolute atomic E-state index is 11.6. The van der Waals surface area contributed by atoms with Crippen LogP contribution in [-0.2, 0) is 60.7 Å². The van der Waals surface area contributed by atoms with E-state index in [-0.39, 0.29) is 23.4 Å². The third kappa shape index (κ3) is 6.73. The van der Waals surface area contributed by atoms with Gasteiger partial charge in [-0.1, -0.05) is 12.1 Å². The molecule has 2 heterocycles. The fourth-order valence-electron chi connectivity index (χ4n) is 4.68. The molecule has 0 aliphatic heterocycles. The molecule has 2 unspecified atom stereocenters. The highest BCUT2D eigenvalue weighted by Gasteiger charge is 2.29. The average Bonchev–Trinajstić information content (AvgIpc) is 2.91. The van der Waals surface area contributed by atoms with E-state index in [4.69, 9.17) is 24.3 Å². The van der Waals surface area contributed by atoms with Crippen LogP contribution < -0.4 is 0 Å². The summed E-state index contributed by atoms with van der Waals surface area (Å²) in [6.07, 6.45) is 4.35. The molecule has 2 aromatic rings. The van der Waals surface area contributed by atoms with Crippen molar-refractivity contribution >= 4 is 11.9 Å². The number of carbonyl (C=O) groups excluding carboxylic acids is 1. The van der Waals surface area contributed by atoms with Gasteiger partial charge in [0.15, 0.2) is 0 Å². The fraction of sp³-hybridized carbons (Fsp3) is 0.586. The van der Waals surface area contributed by atoms with Crippen molar-refractivity contribution in [3.63, 3.8) is 0 Å². The predicted octanol–water partition coefficient (Wildman–Crippen LogP) is 4.39. The van der Waals surface area contributed by atoms with Crippen LogP contribution in [0.2, 0.25) is 0 Å². The Morgan fingerprint density at radius 1 is 0.784 bits per heavy atom. The summed E-state index contributed by atoms with van der Waals surface area (Å²) in [6.45, 7) is 7.96. The lowest BCUT2D eigenvalue weighted by molar-refractivity contribution is -0.146. The number of fused-ring (bicyclic) bond motifs is 2. The van der Waals surface area contributed by atoms with Gasteiger partial charge in [0.05, 0.1) is 30.3 Å². The van der Waals surface area contributed by atoms with E-state index in [2.05, 4.69) is 11.1 Å². The van der Waals surface area contributed by atoms with Crippen molar-refractivity contribution < 1.29 is 28.9 Å². The standard InChI is InChI=1S/C15H21NO3.C14H19NO3/c1-15(2,19-4)13-8-6-10-9-11(14(17)18-3)5-7-12(10)16-13;1-14(2,18-3)12-7-5-9-8-10(13(16)17)4-6-11(9)15-12/h6,8,11H,5,7,9H2,1-4H3;5,7,10H,4,6,8H2,1-3H3,(H,16,17). The Morgan fingerprint density at radius 2 is 1.22 bits per heavy atom. The van der Waals surface area contributed by atoms with Crippen LogP contribution in [0.5, 0.6) is 0 Å². The van der Waals surface area contributed by atoms with Crippen molar-refractivity contribution in [1.82, 2.24) is 9.97 Å². The molecule has 8 nitrogen and oxygen atoms in total. The Hall–Kier alpha value is -2.84. The first kappa shape index (κ1) is 28.7. The third-order valence-electron chi connectivity index (χ3n) is 7.67. The second-order valence-corrected chi connectivity index (χ2v) is 10.8. The van der Waals surface area contributed by atoms with E-state index in [0.29, 0.717) is 12.8 Å². The van der Waals surface area contributed by atoms with Crippen molar-refractivity contribution in [2.24, 2.45) is 11.8 Å². The van der Waals surface area contributed by atoms with Crippen LogP contribution in [-0.4, -0.2) is 48.3 Å². The number of carbonyl (C=O) groups is 2. The zero-order chi connectivity index (χ0) is 27.4. The number of hydrogen-bond donors (Lipinski definition) is 1. The zero-order valence-corrected chi connectivity index (χ0v) is 23.1. The Bertz CT molecular complexity index is 1130. The second-order valence-electron chi connectivity index (χ2n) is 10.8. The number of aliphatic carboxylic acids is 1. The van der Waals surface area contributed by atoms with Gasteiger partial charge < -0.3 is 19.3 Å². The van der Waals surface area contributed by atoms with Gasteiger partial charge in [0, 0.05) is 25.6 Å². The highest BCUT2D eigenvalue weighted by Crippen LogP contribution is 2.30. The number of nitrogens with zero attached hydrogens (tertiary/aromatic N) is 2. The van der Waals surface area contributed by atoms with Gasteiger partial charge in [-0.3, -0.25) is 19.6 Å². The first-order valence-electron chi connectivity index (χ1n) is 12.8. The predicted molar refractivity (Wildman–Crippen MR) is 139 cm³/mol. The molecule has 2 atom stereocenters. The number of carboxylic acids is 1. The van der Waals surface area contributed by atoms with Gasteiger partial charge >= 0.3 is 11.9 Å². The number of esters is 1. The lowest BCUT2D eigenvalue weighted by Gasteiger charge is -2.26. The minimum absolute atomic E-state index is 0.0272. The van der Waals surface area contributed by atoms with Gasteiger partial charge in [0.1, 0.15) is 11.2 Å². The van der Waals surface area contributed by atoms with Gasteiger partial charge in [-0.2, -0.15) is 0 Å². The van der Waals surface area contributed by atoms with Gasteiger partial charge in [-0.05, 0) is 89.5 Å². The molecule has 0 fully saturated rings. The van der Waals surface area contributed by atoms with Gasteiger partial charge in [0.2, 0.25) is 0 Å². The third-order valence-corrected chi connectivity index (χ3v) is 7.67. The Kier molecular flexibility index (Phi) is 9.08. The number of carboxylic acid groups (broad SMARTS) is 1. The summed E-state index contributed by atoms with van der Waals surface area (Å²) in [5.41, 5.74) is 5.37. The first-order valence-corrected chi connectivity index (χ1v) is 12.8. The van der Waals surface area contributed by atoms with E-state index in [1.165, 1.54) is 7.11 Å². The number of methoxy groups -OCH3 is 3. The monoisotopic (exact) mass is 512 g/mol. The Balaban J connectivity index is 0.000000206. The maximum Gasteiger partial charge on any atom is 0.309 e. The molecule has 0 saturated heterocycles. The largest absolute Gasteiger partial charge is 0.481 e. The minimum atomic E-state index is -0.707. The summed E-state index contributed by atoms with van der Waals surface area (Å²) in [5.74, 6) is -1.12. The molecule has 0 aromatic carbocycles. The highest BCUT2D eigenvalue weighted by atomic mass is 16.5. The molecule has 4 rings (SSSR count). The van der Waals surface area contributed by atoms with E-state index in [9.17, 15) is 9.59 Å². The Labute approximate surface area is 219 Å². The topological polar surface area (TPSA) is 108 Å². The van der Waals surface area contributed by atoms with Crippen LogP contribution in [0.4, 0.5) is 0 Å². The number of aryl methyl sites for hydroxylation is 2. The molecule has 0 amide bonds. The quantitative estimate of drug-likeness (QED) is 0.568. The molecular formula is C29H40N2O6. The van der Waals surface area contributed by atoms with Crippen molar-refractivity contribution in [1.29, 1.82) is 0 Å². The van der Waals surface area contributed by atoms with Gasteiger partial charge in [-0.15, -0.1) is 0 Å². The molecule has 202 valence electrons. The molecule has 37 heavy (non-hydrogen) atoms. The van der Waals surface area contributed by atoms with Crippen molar-refractivity contribution in [3.8, 4) is 0 Å². The number of ether oxygens (including phenoxy) is 3. The van der Waals surface area contributed by atoms with Gasteiger partial charge in [0.25, 0.3) is 0 Å². The minimum Gasteiger partial charge on any atom is -0.481 e. The summed E-state index contributed by atoms with van der Waals surface area (Å²) in [6, 6.07) is 7.98. The van der Waals surface area contributed by atoms with E-state index >= 15 is 0 Å². The molecular weight excluding hydrogens is 472 g/mol. The van der Waals surface area contributed by atoms with E-state index in [1.807, 2.05) is 45.9 Å². The van der Waals surface area contributed by atoms with Crippen LogP contribution >= 0.6 is 0 Å². The number of rotatable bonds is 6. The molecule has 0 radical (unpaired) electrons. The molecule has 0 spiro atoms. The highest BCUT2D eigenvalue weighted by molar-refractivity contribution is 5.73. The lowest BCUT2D eigenvalue weighted by atomic mass is 9.86. The normalized spacial score (nSPS) is 19.1. The number of hydrogen-bond acceptors (Lipinski definition) is 7. The summed E-state index contributed by atoms with van der Waals surface area (Å²) in [4.78, 5) is 31.9. The number of aromatic nitrogens is 2. The Morgan fingerprint density at radius 3 is 1.62 bits per heavy atom. The smallest absolute Gasteiger partial charge is 0.309 e. The van der Waals surface area contributed by atoms with Crippen LogP contribution in [0.25, 0.3) is 0 Å². The first-order chi connectivity index (χ1) is 17.4. The average molecular weight is 513 g/mol. The van der Waals surface area contributed by atoms with Crippen LogP contribution in [0.15, 0.2) is 24.3 Å². The molecule has 2 aliphatic carbocycles. The molecule has 8 heteroatoms. The molecule has 0 saturated carbocycles. The van der Waals surface area contributed by atoms with Crippen molar-refractivity contribution in [2.45, 2.75) is 77.4 Å². The SMILES string of the molecule is COC(=O)C1CCc2nc(C(C)(C)OC)ccc2C1.COC(C)(C)c1ccc2c(n1)CCC(C(=O)O)C2. The summed E-state index contributed by atoms with van der Waals surface area (Å²) in [5, 5.41) is 9.05. The lowest BCUT2D eigenvalue weighted by Crippen LogP contribution is -2.26. The van der Waals surface area contributed by atoms with E-state index in [0.717, 1.165) is 59.6 Å². The van der Waals surface area contributed by atoms with Crippen LogP contribution in [0.1, 0.15) is 74.4 Å². The summed E-state index contributed by atoms with van der Waals surface area (Å²) < 4.78 is 15.7. The van der Waals surface area contributed by atoms with E-state index < -0.39 is 11.6 Å².